The highest BCUT2D eigenvalue weighted by Gasteiger charge is 2.17. The van der Waals surface area contributed by atoms with E-state index < -0.39 is 6.04 Å². The first kappa shape index (κ1) is 14.0. The van der Waals surface area contributed by atoms with Gasteiger partial charge in [0.1, 0.15) is 5.82 Å². The van der Waals surface area contributed by atoms with Gasteiger partial charge in [0.25, 0.3) is 0 Å². The summed E-state index contributed by atoms with van der Waals surface area (Å²) in [5.74, 6) is -0.341. The summed E-state index contributed by atoms with van der Waals surface area (Å²) in [5.41, 5.74) is 7.33. The first-order chi connectivity index (χ1) is 8.50. The van der Waals surface area contributed by atoms with Crippen LogP contribution < -0.4 is 5.73 Å². The maximum Gasteiger partial charge on any atom is 0.142 e. The zero-order chi connectivity index (χ0) is 13.3. The quantitative estimate of drug-likeness (QED) is 0.759. The van der Waals surface area contributed by atoms with Crippen LogP contribution in [0.3, 0.4) is 0 Å². The van der Waals surface area contributed by atoms with Crippen molar-refractivity contribution < 1.29 is 4.39 Å². The van der Waals surface area contributed by atoms with Crippen molar-refractivity contribution in [1.29, 1.82) is 0 Å². The van der Waals surface area contributed by atoms with Crippen LogP contribution in [-0.2, 0) is 0 Å². The van der Waals surface area contributed by atoms with E-state index in [1.54, 1.807) is 36.4 Å². The summed E-state index contributed by atoms with van der Waals surface area (Å²) in [6.07, 6.45) is 0. The molecule has 0 aliphatic heterocycles. The summed E-state index contributed by atoms with van der Waals surface area (Å²) in [4.78, 5) is 0. The Hall–Kier alpha value is -0.420. The van der Waals surface area contributed by atoms with Gasteiger partial charge in [0, 0.05) is 15.1 Å². The van der Waals surface area contributed by atoms with Crippen LogP contribution in [0.2, 0.25) is 5.02 Å². The van der Waals surface area contributed by atoms with E-state index in [9.17, 15) is 4.39 Å². The molecule has 0 spiro atoms. The summed E-state index contributed by atoms with van der Waals surface area (Å²) in [7, 11) is 0. The zero-order valence-electron chi connectivity index (χ0n) is 9.13. The van der Waals surface area contributed by atoms with Crippen LogP contribution in [0.25, 0.3) is 0 Å². The van der Waals surface area contributed by atoms with Gasteiger partial charge < -0.3 is 5.73 Å². The lowest BCUT2D eigenvalue weighted by Crippen LogP contribution is -2.14. The topological polar surface area (TPSA) is 26.0 Å². The Labute approximate surface area is 126 Å². The van der Waals surface area contributed by atoms with Crippen molar-refractivity contribution in [3.8, 4) is 0 Å². The molecule has 5 heteroatoms. The predicted octanol–water partition coefficient (Wildman–Crippen LogP) is 5.05. The van der Waals surface area contributed by atoms with Gasteiger partial charge in [0.05, 0.1) is 10.5 Å². The van der Waals surface area contributed by atoms with E-state index in [1.165, 1.54) is 0 Å². The molecule has 0 bridgehead atoms. The molecule has 0 aliphatic rings. The minimum absolute atomic E-state index is 0.341. The molecule has 18 heavy (non-hydrogen) atoms. The molecule has 0 aliphatic carbocycles. The molecular weight excluding hydrogens is 384 g/mol. The van der Waals surface area contributed by atoms with Crippen molar-refractivity contribution in [3.05, 3.63) is 67.3 Å². The predicted molar refractivity (Wildman–Crippen MR) is 79.3 cm³/mol. The van der Waals surface area contributed by atoms with Crippen LogP contribution >= 0.6 is 43.5 Å². The number of benzene rings is 2. The highest BCUT2D eigenvalue weighted by molar-refractivity contribution is 9.10. The number of nitrogens with two attached hydrogens (primary N) is 1. The standard InChI is InChI=1S/C13H9Br2ClFN/c14-10-3-1-2-9(12(10)17)13(18)8-5-4-7(16)6-11(8)15/h1-6,13H,18H2. The van der Waals surface area contributed by atoms with Crippen molar-refractivity contribution in [2.45, 2.75) is 6.04 Å². The van der Waals surface area contributed by atoms with Gasteiger partial charge in [0.15, 0.2) is 0 Å². The molecular formula is C13H9Br2ClFN. The van der Waals surface area contributed by atoms with E-state index in [2.05, 4.69) is 31.9 Å². The number of rotatable bonds is 2. The summed E-state index contributed by atoms with van der Waals surface area (Å²) in [6.45, 7) is 0. The average Bonchev–Trinajstić information content (AvgIpc) is 2.32. The fourth-order valence-electron chi connectivity index (χ4n) is 1.68. The summed E-state index contributed by atoms with van der Waals surface area (Å²) >= 11 is 12.4. The van der Waals surface area contributed by atoms with Crippen LogP contribution in [0.5, 0.6) is 0 Å². The van der Waals surface area contributed by atoms with Crippen molar-refractivity contribution >= 4 is 43.5 Å². The van der Waals surface area contributed by atoms with E-state index in [0.717, 1.165) is 10.0 Å². The smallest absolute Gasteiger partial charge is 0.142 e. The third-order valence-corrected chi connectivity index (χ3v) is 4.15. The highest BCUT2D eigenvalue weighted by atomic mass is 79.9. The second kappa shape index (κ2) is 5.70. The molecule has 2 N–H and O–H groups in total. The summed E-state index contributed by atoms with van der Waals surface area (Å²) in [6, 6.07) is 9.79. The molecule has 94 valence electrons. The van der Waals surface area contributed by atoms with Gasteiger partial charge in [0.2, 0.25) is 0 Å². The van der Waals surface area contributed by atoms with E-state index >= 15 is 0 Å². The van der Waals surface area contributed by atoms with E-state index in [1.807, 2.05) is 0 Å². The van der Waals surface area contributed by atoms with Gasteiger partial charge in [-0.3, -0.25) is 0 Å². The minimum atomic E-state index is -0.547. The van der Waals surface area contributed by atoms with Gasteiger partial charge in [-0.1, -0.05) is 45.7 Å². The van der Waals surface area contributed by atoms with E-state index in [4.69, 9.17) is 17.3 Å². The Bertz CT molecular complexity index is 589. The molecule has 1 unspecified atom stereocenters. The summed E-state index contributed by atoms with van der Waals surface area (Å²) in [5, 5.41) is 0.604. The number of halogens is 4. The van der Waals surface area contributed by atoms with E-state index in [-0.39, 0.29) is 5.82 Å². The zero-order valence-corrected chi connectivity index (χ0v) is 13.1. The van der Waals surface area contributed by atoms with E-state index in [0.29, 0.717) is 15.1 Å². The van der Waals surface area contributed by atoms with Crippen molar-refractivity contribution in [3.63, 3.8) is 0 Å². The molecule has 0 amide bonds. The second-order valence-corrected chi connectivity index (χ2v) is 5.93. The van der Waals surface area contributed by atoms with Crippen LogP contribution in [0.1, 0.15) is 17.2 Å². The molecule has 0 radical (unpaired) electrons. The fourth-order valence-corrected chi connectivity index (χ4v) is 2.99. The van der Waals surface area contributed by atoms with Crippen LogP contribution in [0.15, 0.2) is 45.3 Å². The first-order valence-corrected chi connectivity index (χ1v) is 7.11. The van der Waals surface area contributed by atoms with Gasteiger partial charge in [-0.2, -0.15) is 0 Å². The van der Waals surface area contributed by atoms with Crippen molar-refractivity contribution in [1.82, 2.24) is 0 Å². The Kier molecular flexibility index (Phi) is 4.43. The second-order valence-electron chi connectivity index (χ2n) is 3.79. The maximum absolute atomic E-state index is 14.0. The van der Waals surface area contributed by atoms with Crippen molar-refractivity contribution in [2.24, 2.45) is 5.73 Å². The Morgan fingerprint density at radius 2 is 1.78 bits per heavy atom. The van der Waals surface area contributed by atoms with Crippen LogP contribution in [0.4, 0.5) is 4.39 Å². The van der Waals surface area contributed by atoms with Gasteiger partial charge in [-0.15, -0.1) is 0 Å². The van der Waals surface area contributed by atoms with Gasteiger partial charge in [-0.05, 0) is 39.7 Å². The Morgan fingerprint density at radius 3 is 2.44 bits per heavy atom. The van der Waals surface area contributed by atoms with Crippen LogP contribution in [0, 0.1) is 5.82 Å². The monoisotopic (exact) mass is 391 g/mol. The van der Waals surface area contributed by atoms with Crippen LogP contribution in [-0.4, -0.2) is 0 Å². The largest absolute Gasteiger partial charge is 0.320 e. The molecule has 0 saturated carbocycles. The molecule has 0 aromatic heterocycles. The molecule has 0 fully saturated rings. The Morgan fingerprint density at radius 1 is 1.06 bits per heavy atom. The molecule has 0 saturated heterocycles. The number of hydrogen-bond acceptors (Lipinski definition) is 1. The first-order valence-electron chi connectivity index (χ1n) is 5.15. The molecule has 2 rings (SSSR count). The lowest BCUT2D eigenvalue weighted by atomic mass is 9.99. The Balaban J connectivity index is 2.48. The van der Waals surface area contributed by atoms with Gasteiger partial charge in [-0.25, -0.2) is 4.39 Å². The average molecular weight is 393 g/mol. The lowest BCUT2D eigenvalue weighted by molar-refractivity contribution is 0.593. The SMILES string of the molecule is NC(c1ccc(Cl)cc1Br)c1cccc(Br)c1F. The minimum Gasteiger partial charge on any atom is -0.320 e. The third-order valence-electron chi connectivity index (χ3n) is 2.61. The normalized spacial score (nSPS) is 12.5. The molecule has 1 nitrogen and oxygen atoms in total. The van der Waals surface area contributed by atoms with Gasteiger partial charge >= 0.3 is 0 Å². The molecule has 2 aromatic carbocycles. The fraction of sp³-hybridized carbons (Fsp3) is 0.0769. The molecule has 0 heterocycles. The highest BCUT2D eigenvalue weighted by Crippen LogP contribution is 2.32. The third kappa shape index (κ3) is 2.77. The number of hydrogen-bond donors (Lipinski definition) is 1. The lowest BCUT2D eigenvalue weighted by Gasteiger charge is -2.16. The van der Waals surface area contributed by atoms with Crippen molar-refractivity contribution in [2.75, 3.05) is 0 Å². The molecule has 1 atom stereocenters. The summed E-state index contributed by atoms with van der Waals surface area (Å²) < 4.78 is 15.1. The maximum atomic E-state index is 14.0. The molecule has 2 aromatic rings.